The minimum absolute atomic E-state index is 0.000654. The zero-order valence-electron chi connectivity index (χ0n) is 12.1. The summed E-state index contributed by atoms with van der Waals surface area (Å²) in [5.41, 5.74) is 6.33. The molecule has 0 saturated carbocycles. The smallest absolute Gasteiger partial charge is 0.257 e. The van der Waals surface area contributed by atoms with E-state index in [1.807, 2.05) is 4.90 Å². The Labute approximate surface area is 128 Å². The van der Waals surface area contributed by atoms with Crippen LogP contribution in [0, 0.1) is 11.8 Å². The number of carbonyl (C=O) groups excluding carboxylic acids is 1. The van der Waals surface area contributed by atoms with Gasteiger partial charge in [-0.25, -0.2) is 4.98 Å². The van der Waals surface area contributed by atoms with Crippen molar-refractivity contribution in [3.63, 3.8) is 0 Å². The normalized spacial score (nSPS) is 20.0. The van der Waals surface area contributed by atoms with E-state index >= 15 is 0 Å². The Bertz CT molecular complexity index is 490. The Kier molecular flexibility index (Phi) is 5.02. The highest BCUT2D eigenvalue weighted by atomic mass is 79.9. The van der Waals surface area contributed by atoms with E-state index in [9.17, 15) is 4.79 Å². The number of nitrogen functional groups attached to an aromatic ring is 1. The first-order chi connectivity index (χ1) is 9.49. The lowest BCUT2D eigenvalue weighted by Gasteiger charge is -2.22. The van der Waals surface area contributed by atoms with Crippen molar-refractivity contribution >= 4 is 27.7 Å². The van der Waals surface area contributed by atoms with Crippen molar-refractivity contribution in [2.75, 3.05) is 18.8 Å². The fourth-order valence-corrected chi connectivity index (χ4v) is 3.11. The van der Waals surface area contributed by atoms with Gasteiger partial charge in [-0.3, -0.25) is 4.79 Å². The lowest BCUT2D eigenvalue weighted by Crippen LogP contribution is -2.32. The van der Waals surface area contributed by atoms with Gasteiger partial charge in [-0.2, -0.15) is 0 Å². The molecule has 1 aliphatic heterocycles. The fourth-order valence-electron chi connectivity index (χ4n) is 2.78. The summed E-state index contributed by atoms with van der Waals surface area (Å²) < 4.78 is 0.782. The Hall–Kier alpha value is -1.10. The number of likely N-dealkylation sites (tertiary alicyclic amines) is 1. The zero-order chi connectivity index (χ0) is 14.7. The standard InChI is InChI=1S/C15H22BrN3O/c1-10(2)11-4-3-6-19(7-5-11)15(20)13-8-12(16)9-18-14(13)17/h8-11H,3-7H2,1-2H3,(H2,17,18). The molecule has 20 heavy (non-hydrogen) atoms. The van der Waals surface area contributed by atoms with E-state index in [-0.39, 0.29) is 5.91 Å². The van der Waals surface area contributed by atoms with Crippen LogP contribution in [0.3, 0.4) is 0 Å². The lowest BCUT2D eigenvalue weighted by molar-refractivity contribution is 0.0759. The van der Waals surface area contributed by atoms with Crippen LogP contribution in [0.25, 0.3) is 0 Å². The van der Waals surface area contributed by atoms with Gasteiger partial charge in [0.05, 0.1) is 5.56 Å². The van der Waals surface area contributed by atoms with Crippen LogP contribution in [-0.2, 0) is 0 Å². The van der Waals surface area contributed by atoms with Crippen molar-refractivity contribution in [3.8, 4) is 0 Å². The van der Waals surface area contributed by atoms with Crippen molar-refractivity contribution in [2.24, 2.45) is 11.8 Å². The summed E-state index contributed by atoms with van der Waals surface area (Å²) in [5, 5.41) is 0. The molecule has 2 rings (SSSR count). The largest absolute Gasteiger partial charge is 0.383 e. The van der Waals surface area contributed by atoms with Crippen LogP contribution in [0.1, 0.15) is 43.5 Å². The van der Waals surface area contributed by atoms with Gasteiger partial charge in [-0.15, -0.1) is 0 Å². The molecule has 110 valence electrons. The van der Waals surface area contributed by atoms with E-state index in [4.69, 9.17) is 5.73 Å². The molecule has 1 amide bonds. The number of hydrogen-bond acceptors (Lipinski definition) is 3. The van der Waals surface area contributed by atoms with Gasteiger partial charge < -0.3 is 10.6 Å². The Morgan fingerprint density at radius 2 is 2.20 bits per heavy atom. The maximum Gasteiger partial charge on any atom is 0.257 e. The molecule has 0 aromatic carbocycles. The number of nitrogens with two attached hydrogens (primary N) is 1. The minimum Gasteiger partial charge on any atom is -0.383 e. The number of anilines is 1. The van der Waals surface area contributed by atoms with E-state index in [1.165, 1.54) is 6.42 Å². The van der Waals surface area contributed by atoms with Gasteiger partial charge in [0.1, 0.15) is 5.82 Å². The van der Waals surface area contributed by atoms with E-state index in [0.717, 1.165) is 30.4 Å². The quantitative estimate of drug-likeness (QED) is 0.898. The van der Waals surface area contributed by atoms with Gasteiger partial charge in [0.25, 0.3) is 5.91 Å². The van der Waals surface area contributed by atoms with Crippen LogP contribution in [0.5, 0.6) is 0 Å². The zero-order valence-corrected chi connectivity index (χ0v) is 13.7. The number of nitrogens with zero attached hydrogens (tertiary/aromatic N) is 2. The van der Waals surface area contributed by atoms with Gasteiger partial charge in [0.15, 0.2) is 0 Å². The molecule has 4 nitrogen and oxygen atoms in total. The molecule has 1 aromatic heterocycles. The second-order valence-electron chi connectivity index (χ2n) is 5.81. The second kappa shape index (κ2) is 6.57. The number of pyridine rings is 1. The highest BCUT2D eigenvalue weighted by Crippen LogP contribution is 2.26. The molecule has 1 saturated heterocycles. The maximum absolute atomic E-state index is 12.6. The molecular formula is C15H22BrN3O. The van der Waals surface area contributed by atoms with Crippen LogP contribution in [0.2, 0.25) is 0 Å². The summed E-state index contributed by atoms with van der Waals surface area (Å²) in [4.78, 5) is 18.6. The third-order valence-corrected chi connectivity index (χ3v) is 4.55. The van der Waals surface area contributed by atoms with Crippen LogP contribution in [-0.4, -0.2) is 28.9 Å². The number of carbonyl (C=O) groups is 1. The summed E-state index contributed by atoms with van der Waals surface area (Å²) in [6.45, 7) is 6.15. The summed E-state index contributed by atoms with van der Waals surface area (Å²) in [5.74, 6) is 1.71. The lowest BCUT2D eigenvalue weighted by atomic mass is 9.89. The average molecular weight is 340 g/mol. The first kappa shape index (κ1) is 15.3. The van der Waals surface area contributed by atoms with Crippen molar-refractivity contribution in [1.82, 2.24) is 9.88 Å². The van der Waals surface area contributed by atoms with E-state index < -0.39 is 0 Å². The van der Waals surface area contributed by atoms with Crippen LogP contribution in [0.4, 0.5) is 5.82 Å². The molecule has 2 N–H and O–H groups in total. The molecular weight excluding hydrogens is 318 g/mol. The number of aromatic nitrogens is 1. The molecule has 0 radical (unpaired) electrons. The van der Waals surface area contributed by atoms with Crippen molar-refractivity contribution in [1.29, 1.82) is 0 Å². The Morgan fingerprint density at radius 1 is 1.45 bits per heavy atom. The first-order valence-electron chi connectivity index (χ1n) is 7.19. The van der Waals surface area contributed by atoms with Crippen LogP contribution >= 0.6 is 15.9 Å². The van der Waals surface area contributed by atoms with E-state index in [2.05, 4.69) is 34.8 Å². The number of hydrogen-bond donors (Lipinski definition) is 1. The third-order valence-electron chi connectivity index (χ3n) is 4.12. The number of halogens is 1. The van der Waals surface area contributed by atoms with E-state index in [0.29, 0.717) is 23.2 Å². The fraction of sp³-hybridized carbons (Fsp3) is 0.600. The molecule has 0 spiro atoms. The van der Waals surface area contributed by atoms with Crippen molar-refractivity contribution in [3.05, 3.63) is 22.3 Å². The monoisotopic (exact) mass is 339 g/mol. The molecule has 2 heterocycles. The van der Waals surface area contributed by atoms with Gasteiger partial charge in [0, 0.05) is 23.8 Å². The first-order valence-corrected chi connectivity index (χ1v) is 7.98. The van der Waals surface area contributed by atoms with Gasteiger partial charge >= 0.3 is 0 Å². The highest BCUT2D eigenvalue weighted by Gasteiger charge is 2.24. The third kappa shape index (κ3) is 3.51. The summed E-state index contributed by atoms with van der Waals surface area (Å²) in [7, 11) is 0. The summed E-state index contributed by atoms with van der Waals surface area (Å²) in [6, 6.07) is 1.76. The van der Waals surface area contributed by atoms with Crippen LogP contribution < -0.4 is 5.73 Å². The topological polar surface area (TPSA) is 59.2 Å². The van der Waals surface area contributed by atoms with Gasteiger partial charge in [0.2, 0.25) is 0 Å². The minimum atomic E-state index is 0.000654. The van der Waals surface area contributed by atoms with Crippen molar-refractivity contribution < 1.29 is 4.79 Å². The summed E-state index contributed by atoms with van der Waals surface area (Å²) in [6.07, 6.45) is 4.96. The second-order valence-corrected chi connectivity index (χ2v) is 6.73. The predicted octanol–water partition coefficient (Wildman–Crippen LogP) is 3.32. The number of rotatable bonds is 2. The summed E-state index contributed by atoms with van der Waals surface area (Å²) >= 11 is 3.34. The van der Waals surface area contributed by atoms with Crippen LogP contribution in [0.15, 0.2) is 16.7 Å². The molecule has 1 aliphatic rings. The average Bonchev–Trinajstić information content (AvgIpc) is 2.66. The van der Waals surface area contributed by atoms with Crippen molar-refractivity contribution in [2.45, 2.75) is 33.1 Å². The van der Waals surface area contributed by atoms with E-state index in [1.54, 1.807) is 12.3 Å². The van der Waals surface area contributed by atoms with Gasteiger partial charge in [-0.1, -0.05) is 13.8 Å². The Balaban J connectivity index is 2.11. The number of amides is 1. The van der Waals surface area contributed by atoms with Gasteiger partial charge in [-0.05, 0) is 53.1 Å². The maximum atomic E-state index is 12.6. The SMILES string of the molecule is CC(C)C1CCCN(C(=O)c2cc(Br)cnc2N)CC1. The molecule has 1 atom stereocenters. The molecule has 1 fully saturated rings. The molecule has 0 bridgehead atoms. The molecule has 5 heteroatoms. The highest BCUT2D eigenvalue weighted by molar-refractivity contribution is 9.10. The molecule has 1 aromatic rings. The molecule has 1 unspecified atom stereocenters. The predicted molar refractivity (Wildman–Crippen MR) is 84.4 cm³/mol. The molecule has 0 aliphatic carbocycles. The Morgan fingerprint density at radius 3 is 2.90 bits per heavy atom.